The highest BCUT2D eigenvalue weighted by molar-refractivity contribution is 5.64. The monoisotopic (exact) mass is 276 g/mol. The highest BCUT2D eigenvalue weighted by atomic mass is 19.1. The summed E-state index contributed by atoms with van der Waals surface area (Å²) in [5.74, 6) is -0.709. The van der Waals surface area contributed by atoms with Crippen LogP contribution in [0.3, 0.4) is 0 Å². The van der Waals surface area contributed by atoms with Crippen LogP contribution in [0.1, 0.15) is 0 Å². The number of pyridine rings is 1. The average Bonchev–Trinajstić information content (AvgIpc) is 2.83. The van der Waals surface area contributed by atoms with E-state index < -0.39 is 22.4 Å². The van der Waals surface area contributed by atoms with E-state index in [-0.39, 0.29) is 17.0 Å². The third kappa shape index (κ3) is 1.79. The summed E-state index contributed by atoms with van der Waals surface area (Å²) in [5, 5.41) is 24.1. The second kappa shape index (κ2) is 4.19. The first kappa shape index (κ1) is 11.9. The summed E-state index contributed by atoms with van der Waals surface area (Å²) < 4.78 is 13.9. The van der Waals surface area contributed by atoms with Crippen LogP contribution in [-0.4, -0.2) is 34.6 Å². The van der Waals surface area contributed by atoms with Gasteiger partial charge in [-0.3, -0.25) is 15.1 Å². The summed E-state index contributed by atoms with van der Waals surface area (Å²) in [4.78, 5) is 21.4. The minimum Gasteiger partial charge on any atom is -0.479 e. The van der Waals surface area contributed by atoms with E-state index in [9.17, 15) is 19.6 Å². The number of fused-ring (bicyclic) bond motifs is 1. The Labute approximate surface area is 109 Å². The quantitative estimate of drug-likeness (QED) is 0.546. The Morgan fingerprint density at radius 2 is 2.10 bits per heavy atom. The van der Waals surface area contributed by atoms with Crippen LogP contribution in [0.2, 0.25) is 0 Å². The van der Waals surface area contributed by atoms with Crippen molar-refractivity contribution in [2.75, 3.05) is 0 Å². The average molecular weight is 276 g/mol. The topological polar surface area (TPSA) is 119 Å². The molecule has 0 saturated heterocycles. The molecule has 0 amide bonds. The van der Waals surface area contributed by atoms with Gasteiger partial charge >= 0.3 is 11.7 Å². The predicted octanol–water partition coefficient (Wildman–Crippen LogP) is 0.939. The van der Waals surface area contributed by atoms with E-state index in [1.54, 1.807) is 0 Å². The predicted molar refractivity (Wildman–Crippen MR) is 62.3 cm³/mol. The Morgan fingerprint density at radius 3 is 2.80 bits per heavy atom. The van der Waals surface area contributed by atoms with Crippen LogP contribution >= 0.6 is 0 Å². The summed E-state index contributed by atoms with van der Waals surface area (Å²) in [6.07, 6.45) is 3.21. The summed E-state index contributed by atoms with van der Waals surface area (Å²) in [7, 11) is 0. The summed E-state index contributed by atoms with van der Waals surface area (Å²) >= 11 is 0. The molecule has 0 bridgehead atoms. The molecule has 0 atom stereocenters. The molecule has 3 aromatic heterocycles. The molecule has 0 spiro atoms. The molecule has 1 N–H and O–H groups in total. The molecule has 3 rings (SSSR count). The van der Waals surface area contributed by atoms with Gasteiger partial charge in [-0.2, -0.15) is 14.6 Å². The van der Waals surface area contributed by atoms with E-state index in [4.69, 9.17) is 0 Å². The van der Waals surface area contributed by atoms with Crippen molar-refractivity contribution >= 4 is 11.3 Å². The van der Waals surface area contributed by atoms with Crippen LogP contribution in [-0.2, 0) is 0 Å². The smallest absolute Gasteiger partial charge is 0.333 e. The number of nitro groups is 1. The Morgan fingerprint density at radius 1 is 1.30 bits per heavy atom. The molecule has 3 heterocycles. The van der Waals surface area contributed by atoms with Gasteiger partial charge in [-0.1, -0.05) is 0 Å². The maximum absolute atomic E-state index is 13.1. The van der Waals surface area contributed by atoms with Crippen molar-refractivity contribution in [3.63, 3.8) is 0 Å². The van der Waals surface area contributed by atoms with Crippen molar-refractivity contribution in [3.05, 3.63) is 40.6 Å². The number of aromatic hydroxyl groups is 1. The first-order chi connectivity index (χ1) is 9.56. The van der Waals surface area contributed by atoms with Gasteiger partial charge in [0.25, 0.3) is 0 Å². The lowest BCUT2D eigenvalue weighted by atomic mass is 10.2. The lowest BCUT2D eigenvalue weighted by Crippen LogP contribution is -1.99. The van der Waals surface area contributed by atoms with E-state index in [1.165, 1.54) is 6.20 Å². The molecule has 20 heavy (non-hydrogen) atoms. The molecule has 0 fully saturated rings. The fourth-order valence-electron chi connectivity index (χ4n) is 1.64. The molecule has 10 heteroatoms. The minimum atomic E-state index is -0.692. The van der Waals surface area contributed by atoms with Crippen molar-refractivity contribution in [1.29, 1.82) is 0 Å². The zero-order chi connectivity index (χ0) is 14.3. The van der Waals surface area contributed by atoms with Gasteiger partial charge in [0.05, 0.1) is 11.1 Å². The van der Waals surface area contributed by atoms with Crippen molar-refractivity contribution in [2.24, 2.45) is 0 Å². The van der Waals surface area contributed by atoms with Gasteiger partial charge in [-0.15, -0.1) is 0 Å². The number of rotatable bonds is 2. The molecule has 0 radical (unpaired) electrons. The van der Waals surface area contributed by atoms with E-state index in [0.29, 0.717) is 0 Å². The molecular weight excluding hydrogens is 271 g/mol. The SMILES string of the molecule is O=[N+]([O-])c1cnn2c(O)nc(-c3cncc(F)c3)nc12. The minimum absolute atomic E-state index is 0.0920. The number of aromatic nitrogens is 5. The number of hydrogen-bond acceptors (Lipinski definition) is 7. The third-order valence-electron chi connectivity index (χ3n) is 2.49. The second-order valence-electron chi connectivity index (χ2n) is 3.76. The molecular formula is C10H5FN6O3. The van der Waals surface area contributed by atoms with Gasteiger partial charge in [0.15, 0.2) is 5.82 Å². The Hall–Kier alpha value is -3.17. The Kier molecular flexibility index (Phi) is 2.49. The largest absolute Gasteiger partial charge is 0.479 e. The van der Waals surface area contributed by atoms with Crippen LogP contribution in [0.4, 0.5) is 10.1 Å². The zero-order valence-corrected chi connectivity index (χ0v) is 9.63. The highest BCUT2D eigenvalue weighted by Gasteiger charge is 2.20. The van der Waals surface area contributed by atoms with Gasteiger partial charge in [0.2, 0.25) is 5.65 Å². The van der Waals surface area contributed by atoms with Gasteiger partial charge < -0.3 is 5.11 Å². The van der Waals surface area contributed by atoms with Gasteiger partial charge in [0, 0.05) is 11.8 Å². The summed E-state index contributed by atoms with van der Waals surface area (Å²) in [5.41, 5.74) is -0.409. The lowest BCUT2D eigenvalue weighted by molar-refractivity contribution is -0.383. The molecule has 9 nitrogen and oxygen atoms in total. The molecule has 0 unspecified atom stereocenters. The van der Waals surface area contributed by atoms with E-state index in [1.807, 2.05) is 0 Å². The molecule has 0 aromatic carbocycles. The third-order valence-corrected chi connectivity index (χ3v) is 2.49. The van der Waals surface area contributed by atoms with Crippen LogP contribution in [0.5, 0.6) is 6.01 Å². The highest BCUT2D eigenvalue weighted by Crippen LogP contribution is 2.24. The molecule has 0 saturated carbocycles. The second-order valence-corrected chi connectivity index (χ2v) is 3.76. The fraction of sp³-hybridized carbons (Fsp3) is 0. The van der Waals surface area contributed by atoms with Crippen LogP contribution < -0.4 is 0 Å². The van der Waals surface area contributed by atoms with Crippen LogP contribution in [0.15, 0.2) is 24.7 Å². The summed E-state index contributed by atoms with van der Waals surface area (Å²) in [6.45, 7) is 0. The van der Waals surface area contributed by atoms with Gasteiger partial charge in [-0.05, 0) is 6.07 Å². The molecule has 100 valence electrons. The zero-order valence-electron chi connectivity index (χ0n) is 9.63. The molecule has 0 aliphatic rings. The number of nitrogens with zero attached hydrogens (tertiary/aromatic N) is 6. The Bertz CT molecular complexity index is 833. The lowest BCUT2D eigenvalue weighted by Gasteiger charge is -2.01. The normalized spacial score (nSPS) is 10.8. The molecule has 0 aliphatic heterocycles. The van der Waals surface area contributed by atoms with E-state index in [0.717, 1.165) is 23.0 Å². The first-order valence-corrected chi connectivity index (χ1v) is 5.26. The van der Waals surface area contributed by atoms with Crippen molar-refractivity contribution in [3.8, 4) is 17.4 Å². The van der Waals surface area contributed by atoms with Crippen molar-refractivity contribution in [1.82, 2.24) is 24.6 Å². The summed E-state index contributed by atoms with van der Waals surface area (Å²) in [6, 6.07) is 0.503. The fourth-order valence-corrected chi connectivity index (χ4v) is 1.64. The van der Waals surface area contributed by atoms with Crippen molar-refractivity contribution < 1.29 is 14.4 Å². The van der Waals surface area contributed by atoms with E-state index in [2.05, 4.69) is 20.1 Å². The molecule has 3 aromatic rings. The maximum atomic E-state index is 13.1. The van der Waals surface area contributed by atoms with Gasteiger partial charge in [0.1, 0.15) is 12.0 Å². The standard InChI is InChI=1S/C10H5FN6O3/c11-6-1-5(2-12-3-6)8-14-9-7(17(19)20)4-13-16(9)10(18)15-8/h1-4H,(H,14,15,18). The van der Waals surface area contributed by atoms with Crippen LogP contribution in [0, 0.1) is 15.9 Å². The number of halogens is 1. The van der Waals surface area contributed by atoms with E-state index >= 15 is 0 Å². The van der Waals surface area contributed by atoms with Gasteiger partial charge in [-0.25, -0.2) is 9.37 Å². The maximum Gasteiger partial charge on any atom is 0.333 e. The first-order valence-electron chi connectivity index (χ1n) is 5.26. The van der Waals surface area contributed by atoms with Crippen molar-refractivity contribution in [2.45, 2.75) is 0 Å². The Balaban J connectivity index is 2.27. The number of hydrogen-bond donors (Lipinski definition) is 1. The van der Waals surface area contributed by atoms with Crippen LogP contribution in [0.25, 0.3) is 17.0 Å². The molecule has 0 aliphatic carbocycles.